The molecule has 0 spiro atoms. The van der Waals surface area contributed by atoms with Crippen molar-refractivity contribution in [1.29, 1.82) is 0 Å². The van der Waals surface area contributed by atoms with Crippen molar-refractivity contribution in [3.8, 4) is 11.4 Å². The van der Waals surface area contributed by atoms with E-state index in [0.717, 1.165) is 17.7 Å². The molecule has 26 heavy (non-hydrogen) atoms. The molecule has 0 saturated heterocycles. The lowest BCUT2D eigenvalue weighted by Crippen LogP contribution is -2.28. The summed E-state index contributed by atoms with van der Waals surface area (Å²) in [6, 6.07) is 12.4. The van der Waals surface area contributed by atoms with Gasteiger partial charge in [0.1, 0.15) is 0 Å². The first kappa shape index (κ1) is 17.6. The summed E-state index contributed by atoms with van der Waals surface area (Å²) in [4.78, 5) is 20.4. The topological polar surface area (TPSA) is 75.1 Å². The van der Waals surface area contributed by atoms with Crippen LogP contribution in [0.4, 0.5) is 8.78 Å². The maximum absolute atomic E-state index is 13.2. The highest BCUT2D eigenvalue weighted by molar-refractivity contribution is 5.93. The van der Waals surface area contributed by atoms with Crippen LogP contribution in [-0.4, -0.2) is 27.5 Å². The van der Waals surface area contributed by atoms with Crippen LogP contribution in [0.1, 0.15) is 22.0 Å². The number of benzene rings is 2. The lowest BCUT2D eigenvalue weighted by molar-refractivity contribution is 0.0915. The van der Waals surface area contributed by atoms with Gasteiger partial charge in [0.25, 0.3) is 5.91 Å². The van der Waals surface area contributed by atoms with Gasteiger partial charge < -0.3 is 10.4 Å². The summed E-state index contributed by atoms with van der Waals surface area (Å²) in [6.07, 6.45) is 1.60. The van der Waals surface area contributed by atoms with Crippen LogP contribution in [0.2, 0.25) is 0 Å². The van der Waals surface area contributed by atoms with Gasteiger partial charge in [-0.1, -0.05) is 36.4 Å². The first-order valence-electron chi connectivity index (χ1n) is 7.83. The summed E-state index contributed by atoms with van der Waals surface area (Å²) >= 11 is 0. The minimum absolute atomic E-state index is 0.162. The number of amides is 1. The standard InChI is InChI=1S/C19H15F2N3O2/c20-15-7-6-13(8-16(15)21)17(25)11-24-19(26)14-9-22-18(23-10-14)12-4-2-1-3-5-12/h1-10,17,25H,11H2,(H,24,26)/t17-/m1/s1. The number of nitrogens with one attached hydrogen (secondary N) is 1. The highest BCUT2D eigenvalue weighted by Gasteiger charge is 2.14. The molecule has 0 aliphatic carbocycles. The van der Waals surface area contributed by atoms with Crippen LogP contribution >= 0.6 is 0 Å². The van der Waals surface area contributed by atoms with Crippen LogP contribution in [0, 0.1) is 11.6 Å². The fraction of sp³-hybridized carbons (Fsp3) is 0.105. The summed E-state index contributed by atoms with van der Waals surface area (Å²) in [5.41, 5.74) is 1.22. The van der Waals surface area contributed by atoms with Crippen LogP contribution in [0.5, 0.6) is 0 Å². The molecule has 7 heteroatoms. The van der Waals surface area contributed by atoms with Crippen molar-refractivity contribution < 1.29 is 18.7 Å². The van der Waals surface area contributed by atoms with Crippen molar-refractivity contribution in [1.82, 2.24) is 15.3 Å². The Morgan fingerprint density at radius 3 is 2.38 bits per heavy atom. The smallest absolute Gasteiger partial charge is 0.254 e. The second-order valence-electron chi connectivity index (χ2n) is 5.56. The van der Waals surface area contributed by atoms with E-state index in [1.54, 1.807) is 0 Å². The number of halogens is 2. The molecular weight excluding hydrogens is 340 g/mol. The third-order valence-corrected chi connectivity index (χ3v) is 3.73. The van der Waals surface area contributed by atoms with Gasteiger partial charge in [0.05, 0.1) is 11.7 Å². The Hall–Kier alpha value is -3.19. The number of carbonyl (C=O) groups is 1. The first-order valence-corrected chi connectivity index (χ1v) is 7.83. The molecule has 1 aromatic heterocycles. The highest BCUT2D eigenvalue weighted by atomic mass is 19.2. The van der Waals surface area contributed by atoms with Gasteiger partial charge in [-0.3, -0.25) is 4.79 Å². The van der Waals surface area contributed by atoms with E-state index in [1.165, 1.54) is 18.5 Å². The number of nitrogens with zero attached hydrogens (tertiary/aromatic N) is 2. The quantitative estimate of drug-likeness (QED) is 0.738. The van der Waals surface area contributed by atoms with Gasteiger partial charge in [0.2, 0.25) is 0 Å². The molecule has 0 radical (unpaired) electrons. The highest BCUT2D eigenvalue weighted by Crippen LogP contribution is 2.16. The largest absolute Gasteiger partial charge is 0.387 e. The number of rotatable bonds is 5. The van der Waals surface area contributed by atoms with Crippen molar-refractivity contribution >= 4 is 5.91 Å². The average Bonchev–Trinajstić information content (AvgIpc) is 2.68. The van der Waals surface area contributed by atoms with Crippen LogP contribution in [0.25, 0.3) is 11.4 Å². The maximum Gasteiger partial charge on any atom is 0.254 e. The number of aromatic nitrogens is 2. The Labute approximate surface area is 148 Å². The van der Waals surface area contributed by atoms with E-state index >= 15 is 0 Å². The fourth-order valence-corrected chi connectivity index (χ4v) is 2.31. The van der Waals surface area contributed by atoms with Crippen LogP contribution in [0.15, 0.2) is 60.9 Å². The number of hydrogen-bond acceptors (Lipinski definition) is 4. The molecular formula is C19H15F2N3O2. The molecule has 1 heterocycles. The summed E-state index contributed by atoms with van der Waals surface area (Å²) < 4.78 is 26.1. The fourth-order valence-electron chi connectivity index (χ4n) is 2.31. The zero-order valence-electron chi connectivity index (χ0n) is 13.6. The van der Waals surface area contributed by atoms with Crippen LogP contribution in [-0.2, 0) is 0 Å². The molecule has 5 nitrogen and oxygen atoms in total. The van der Waals surface area contributed by atoms with E-state index in [1.807, 2.05) is 30.3 Å². The monoisotopic (exact) mass is 355 g/mol. The maximum atomic E-state index is 13.2. The van der Waals surface area contributed by atoms with Crippen molar-refractivity contribution in [3.05, 3.63) is 83.7 Å². The number of carbonyl (C=O) groups excluding carboxylic acids is 1. The van der Waals surface area contributed by atoms with Crippen molar-refractivity contribution in [3.63, 3.8) is 0 Å². The van der Waals surface area contributed by atoms with E-state index in [-0.39, 0.29) is 17.7 Å². The molecule has 0 aliphatic rings. The van der Waals surface area contributed by atoms with Crippen LogP contribution < -0.4 is 5.32 Å². The molecule has 0 unspecified atom stereocenters. The molecule has 2 N–H and O–H groups in total. The van der Waals surface area contributed by atoms with Gasteiger partial charge >= 0.3 is 0 Å². The zero-order valence-corrected chi connectivity index (χ0v) is 13.6. The molecule has 0 fully saturated rings. The number of aliphatic hydroxyl groups is 1. The molecule has 3 rings (SSSR count). The molecule has 0 bridgehead atoms. The lowest BCUT2D eigenvalue weighted by atomic mass is 10.1. The second kappa shape index (κ2) is 7.79. The van der Waals surface area contributed by atoms with E-state index < -0.39 is 23.6 Å². The Balaban J connectivity index is 1.62. The summed E-state index contributed by atoms with van der Waals surface area (Å²) in [5.74, 6) is -2.05. The third-order valence-electron chi connectivity index (χ3n) is 3.73. The Bertz CT molecular complexity index is 902. The van der Waals surface area contributed by atoms with Crippen molar-refractivity contribution in [2.75, 3.05) is 6.54 Å². The van der Waals surface area contributed by atoms with Gasteiger partial charge in [-0.05, 0) is 17.7 Å². The molecule has 1 atom stereocenters. The van der Waals surface area contributed by atoms with Gasteiger partial charge in [0.15, 0.2) is 17.5 Å². The Morgan fingerprint density at radius 2 is 1.73 bits per heavy atom. The van der Waals surface area contributed by atoms with Gasteiger partial charge in [-0.25, -0.2) is 18.7 Å². The second-order valence-corrected chi connectivity index (χ2v) is 5.56. The Kier molecular flexibility index (Phi) is 5.28. The minimum atomic E-state index is -1.17. The predicted octanol–water partition coefficient (Wildman–Crippen LogP) is 2.89. The van der Waals surface area contributed by atoms with E-state index in [2.05, 4.69) is 15.3 Å². The molecule has 1 amide bonds. The lowest BCUT2D eigenvalue weighted by Gasteiger charge is -2.12. The first-order chi connectivity index (χ1) is 12.5. The molecule has 132 valence electrons. The Morgan fingerprint density at radius 1 is 1.04 bits per heavy atom. The third kappa shape index (κ3) is 4.07. The van der Waals surface area contributed by atoms with E-state index in [0.29, 0.717) is 5.82 Å². The van der Waals surface area contributed by atoms with Gasteiger partial charge in [-0.2, -0.15) is 0 Å². The van der Waals surface area contributed by atoms with E-state index in [4.69, 9.17) is 0 Å². The average molecular weight is 355 g/mol. The summed E-state index contributed by atoms with van der Waals surface area (Å²) in [7, 11) is 0. The SMILES string of the molecule is O=C(NC[C@@H](O)c1ccc(F)c(F)c1)c1cnc(-c2ccccc2)nc1. The summed E-state index contributed by atoms with van der Waals surface area (Å²) in [5, 5.41) is 12.5. The van der Waals surface area contributed by atoms with Crippen molar-refractivity contribution in [2.24, 2.45) is 0 Å². The van der Waals surface area contributed by atoms with E-state index in [9.17, 15) is 18.7 Å². The predicted molar refractivity (Wildman–Crippen MR) is 91.1 cm³/mol. The molecule has 0 saturated carbocycles. The molecule has 2 aromatic carbocycles. The molecule has 0 aliphatic heterocycles. The van der Waals surface area contributed by atoms with Crippen LogP contribution in [0.3, 0.4) is 0 Å². The number of aliphatic hydroxyl groups excluding tert-OH is 1. The summed E-state index contributed by atoms with van der Waals surface area (Å²) in [6.45, 7) is -0.162. The molecule has 3 aromatic rings. The minimum Gasteiger partial charge on any atom is -0.387 e. The number of hydrogen-bond donors (Lipinski definition) is 2. The van der Waals surface area contributed by atoms with Gasteiger partial charge in [0, 0.05) is 24.5 Å². The zero-order chi connectivity index (χ0) is 18.5. The van der Waals surface area contributed by atoms with Gasteiger partial charge in [-0.15, -0.1) is 0 Å². The van der Waals surface area contributed by atoms with Crippen molar-refractivity contribution in [2.45, 2.75) is 6.10 Å². The normalized spacial score (nSPS) is 11.8.